The largest absolute Gasteiger partial charge is 0.360 e. The van der Waals surface area contributed by atoms with E-state index in [1.54, 1.807) is 36.5 Å². The normalized spacial score (nSPS) is 11.3. The van der Waals surface area contributed by atoms with Crippen LogP contribution in [0.1, 0.15) is 21.5 Å². The molecule has 0 aliphatic heterocycles. The number of amides is 2. The molecular weight excluding hydrogens is 526 g/mol. The lowest BCUT2D eigenvalue weighted by Crippen LogP contribution is -2.13. The van der Waals surface area contributed by atoms with Crippen molar-refractivity contribution in [2.45, 2.75) is 13.8 Å². The third-order valence-corrected chi connectivity index (χ3v) is 6.67. The fourth-order valence-corrected chi connectivity index (χ4v) is 4.60. The molecule has 2 aromatic heterocycles. The Kier molecular flexibility index (Phi) is 8.40. The molecule has 9 nitrogen and oxygen atoms in total. The molecule has 2 heterocycles. The summed E-state index contributed by atoms with van der Waals surface area (Å²) in [5.41, 5.74) is 7.51. The summed E-state index contributed by atoms with van der Waals surface area (Å²) in [5.74, 6) is -0.0321. The highest BCUT2D eigenvalue weighted by Crippen LogP contribution is 2.32. The molecule has 0 radical (unpaired) electrons. The summed E-state index contributed by atoms with van der Waals surface area (Å²) in [6, 6.07) is 20.3. The molecule has 4 N–H and O–H groups in total. The average molecular weight is 560 g/mol. The number of nitrogens with zero attached hydrogens (tertiary/aromatic N) is 3. The molecule has 0 fully saturated rings. The van der Waals surface area contributed by atoms with E-state index in [1.807, 2.05) is 62.4 Å². The molecule has 0 bridgehead atoms. The highest BCUT2D eigenvalue weighted by molar-refractivity contribution is 6.05. The molecule has 0 spiro atoms. The van der Waals surface area contributed by atoms with Crippen molar-refractivity contribution in [3.8, 4) is 11.3 Å². The maximum absolute atomic E-state index is 12.9. The topological polar surface area (TPSA) is 115 Å². The maximum atomic E-state index is 12.9. The number of fused-ring (bicyclic) bond motifs is 1. The highest BCUT2D eigenvalue weighted by Gasteiger charge is 2.14. The van der Waals surface area contributed by atoms with Crippen LogP contribution in [0.2, 0.25) is 0 Å². The van der Waals surface area contributed by atoms with Crippen LogP contribution in [0.5, 0.6) is 0 Å². The van der Waals surface area contributed by atoms with Crippen molar-refractivity contribution in [2.24, 2.45) is 0 Å². The number of carbonyl (C=O) groups is 2. The zero-order valence-electron chi connectivity index (χ0n) is 24.0. The van der Waals surface area contributed by atoms with E-state index in [-0.39, 0.29) is 11.8 Å². The maximum Gasteiger partial charge on any atom is 0.255 e. The van der Waals surface area contributed by atoms with Gasteiger partial charge in [-0.05, 0) is 87.6 Å². The number of H-pyrrole nitrogens is 1. The minimum Gasteiger partial charge on any atom is -0.360 e. The number of hydrogen-bond acceptors (Lipinski definition) is 6. The molecule has 0 saturated carbocycles. The Morgan fingerprint density at radius 1 is 0.905 bits per heavy atom. The van der Waals surface area contributed by atoms with E-state index in [4.69, 9.17) is 4.98 Å². The van der Waals surface area contributed by atoms with Gasteiger partial charge >= 0.3 is 0 Å². The quantitative estimate of drug-likeness (QED) is 0.158. The van der Waals surface area contributed by atoms with Crippen LogP contribution in [-0.4, -0.2) is 52.3 Å². The molecule has 3 aromatic carbocycles. The van der Waals surface area contributed by atoms with Gasteiger partial charge in [0.15, 0.2) is 0 Å². The summed E-state index contributed by atoms with van der Waals surface area (Å²) >= 11 is 0. The Hall–Kier alpha value is -5.28. The number of nitrogens with one attached hydrogen (secondary N) is 4. The third kappa shape index (κ3) is 6.71. The Morgan fingerprint density at radius 3 is 2.45 bits per heavy atom. The standard InChI is InChI=1S/C33H33N7O2/c1-21-8-5-11-28-30(21)27(20-34-28)31-22(2)19-35-33(39-31)38-26-10-6-9-25(18-26)37-32(42)23-13-15-24(16-14-23)36-29(41)12-7-17-40(3)4/h5-16,18-20,34H,17H2,1-4H3,(H,36,41)(H,37,42)(H,35,38,39). The van der Waals surface area contributed by atoms with Crippen LogP contribution in [0, 0.1) is 13.8 Å². The van der Waals surface area contributed by atoms with Crippen molar-refractivity contribution < 1.29 is 9.59 Å². The van der Waals surface area contributed by atoms with E-state index in [9.17, 15) is 9.59 Å². The van der Waals surface area contributed by atoms with E-state index in [1.165, 1.54) is 11.6 Å². The average Bonchev–Trinajstić information content (AvgIpc) is 3.40. The first-order chi connectivity index (χ1) is 20.3. The SMILES string of the molecule is Cc1cnc(Nc2cccc(NC(=O)c3ccc(NC(=O)C=CCN(C)C)cc3)c2)nc1-c1c[nH]c2cccc(C)c12. The first kappa shape index (κ1) is 28.3. The van der Waals surface area contributed by atoms with Crippen molar-refractivity contribution in [3.05, 3.63) is 108 Å². The molecule has 42 heavy (non-hydrogen) atoms. The number of likely N-dealkylation sites (N-methyl/N-ethyl adjacent to an activating group) is 1. The van der Waals surface area contributed by atoms with Gasteiger partial charge in [-0.2, -0.15) is 0 Å². The number of aromatic nitrogens is 3. The number of hydrogen-bond donors (Lipinski definition) is 4. The Morgan fingerprint density at radius 2 is 1.67 bits per heavy atom. The number of carbonyl (C=O) groups excluding carboxylic acids is 2. The van der Waals surface area contributed by atoms with Gasteiger partial charge in [0.25, 0.3) is 5.91 Å². The van der Waals surface area contributed by atoms with Crippen LogP contribution in [0.3, 0.4) is 0 Å². The number of rotatable bonds is 9. The molecule has 0 aliphatic carbocycles. The molecule has 0 atom stereocenters. The second kappa shape index (κ2) is 12.5. The monoisotopic (exact) mass is 559 g/mol. The van der Waals surface area contributed by atoms with Crippen LogP contribution >= 0.6 is 0 Å². The fraction of sp³-hybridized carbons (Fsp3) is 0.152. The lowest BCUT2D eigenvalue weighted by atomic mass is 10.0. The molecule has 0 unspecified atom stereocenters. The first-order valence-corrected chi connectivity index (χ1v) is 13.6. The second-order valence-corrected chi connectivity index (χ2v) is 10.3. The number of benzene rings is 3. The van der Waals surface area contributed by atoms with Gasteiger partial charge in [-0.1, -0.05) is 24.3 Å². The van der Waals surface area contributed by atoms with Crippen molar-refractivity contribution in [1.82, 2.24) is 19.9 Å². The summed E-state index contributed by atoms with van der Waals surface area (Å²) < 4.78 is 0. The van der Waals surface area contributed by atoms with Crippen LogP contribution < -0.4 is 16.0 Å². The van der Waals surface area contributed by atoms with Crippen LogP contribution in [-0.2, 0) is 4.79 Å². The lowest BCUT2D eigenvalue weighted by molar-refractivity contribution is -0.111. The van der Waals surface area contributed by atoms with E-state index in [2.05, 4.69) is 45.0 Å². The smallest absolute Gasteiger partial charge is 0.255 e. The van der Waals surface area contributed by atoms with Crippen molar-refractivity contribution >= 4 is 45.7 Å². The second-order valence-electron chi connectivity index (χ2n) is 10.3. The van der Waals surface area contributed by atoms with E-state index < -0.39 is 0 Å². The van der Waals surface area contributed by atoms with Crippen molar-refractivity contribution in [2.75, 3.05) is 36.6 Å². The lowest BCUT2D eigenvalue weighted by Gasteiger charge is -2.11. The summed E-state index contributed by atoms with van der Waals surface area (Å²) in [5, 5.41) is 10.1. The Balaban J connectivity index is 1.26. The summed E-state index contributed by atoms with van der Waals surface area (Å²) in [6.07, 6.45) is 7.07. The Labute approximate surface area is 244 Å². The minimum atomic E-state index is -0.264. The highest BCUT2D eigenvalue weighted by atomic mass is 16.2. The van der Waals surface area contributed by atoms with Gasteiger partial charge in [-0.25, -0.2) is 9.97 Å². The zero-order valence-corrected chi connectivity index (χ0v) is 24.0. The van der Waals surface area contributed by atoms with E-state index in [0.29, 0.717) is 29.4 Å². The van der Waals surface area contributed by atoms with Crippen LogP contribution in [0.25, 0.3) is 22.2 Å². The molecule has 5 aromatic rings. The summed E-state index contributed by atoms with van der Waals surface area (Å²) in [6.45, 7) is 4.76. The summed E-state index contributed by atoms with van der Waals surface area (Å²) in [7, 11) is 3.86. The minimum absolute atomic E-state index is 0.223. The molecule has 212 valence electrons. The fourth-order valence-electron chi connectivity index (χ4n) is 4.60. The molecular formula is C33H33N7O2. The van der Waals surface area contributed by atoms with E-state index >= 15 is 0 Å². The van der Waals surface area contributed by atoms with E-state index in [0.717, 1.165) is 33.4 Å². The van der Waals surface area contributed by atoms with Gasteiger partial charge in [-0.15, -0.1) is 0 Å². The van der Waals surface area contributed by atoms with Gasteiger partial charge < -0.3 is 25.8 Å². The summed E-state index contributed by atoms with van der Waals surface area (Å²) in [4.78, 5) is 39.6. The Bertz CT molecular complexity index is 1770. The molecule has 0 aliphatic rings. The molecule has 5 rings (SSSR count). The van der Waals surface area contributed by atoms with Gasteiger partial charge in [0.2, 0.25) is 11.9 Å². The van der Waals surface area contributed by atoms with Crippen LogP contribution in [0.4, 0.5) is 23.0 Å². The van der Waals surface area contributed by atoms with Crippen LogP contribution in [0.15, 0.2) is 91.3 Å². The van der Waals surface area contributed by atoms with Crippen molar-refractivity contribution in [3.63, 3.8) is 0 Å². The van der Waals surface area contributed by atoms with Gasteiger partial charge in [0.05, 0.1) is 5.69 Å². The van der Waals surface area contributed by atoms with Crippen molar-refractivity contribution in [1.29, 1.82) is 0 Å². The number of aryl methyl sites for hydroxylation is 2. The predicted octanol–water partition coefficient (Wildman–Crippen LogP) is 6.29. The third-order valence-electron chi connectivity index (χ3n) is 6.67. The number of anilines is 4. The molecule has 9 heteroatoms. The first-order valence-electron chi connectivity index (χ1n) is 13.6. The zero-order chi connectivity index (χ0) is 29.6. The molecule has 2 amide bonds. The molecule has 0 saturated heterocycles. The van der Waals surface area contributed by atoms with Gasteiger partial charge in [-0.3, -0.25) is 9.59 Å². The predicted molar refractivity (Wildman–Crippen MR) is 169 cm³/mol. The van der Waals surface area contributed by atoms with Gasteiger partial charge in [0, 0.05) is 64.1 Å². The number of aromatic amines is 1. The van der Waals surface area contributed by atoms with Gasteiger partial charge in [0.1, 0.15) is 0 Å².